The molecule has 2 heterocycles. The lowest BCUT2D eigenvalue weighted by atomic mass is 10.1. The van der Waals surface area contributed by atoms with Gasteiger partial charge in [-0.25, -0.2) is 18.4 Å². The van der Waals surface area contributed by atoms with E-state index in [1.165, 1.54) is 4.57 Å². The largest absolute Gasteiger partial charge is 0.480 e. The number of nitrogens with zero attached hydrogens (tertiary/aromatic N) is 4. The maximum Gasteiger partial charge on any atom is 0.298 e. The number of sulfone groups is 1. The third-order valence-corrected chi connectivity index (χ3v) is 4.37. The van der Waals surface area contributed by atoms with Crippen LogP contribution in [0.3, 0.4) is 0 Å². The summed E-state index contributed by atoms with van der Waals surface area (Å²) in [5, 5.41) is 9.93. The Morgan fingerprint density at radius 2 is 1.86 bits per heavy atom. The molecule has 22 heavy (non-hydrogen) atoms. The summed E-state index contributed by atoms with van der Waals surface area (Å²) in [4.78, 5) is 12.0. The molecule has 3 rings (SSSR count). The van der Waals surface area contributed by atoms with Crippen molar-refractivity contribution in [2.45, 2.75) is 18.0 Å². The molecule has 0 aliphatic heterocycles. The molecule has 0 fully saturated rings. The van der Waals surface area contributed by atoms with Crippen LogP contribution in [-0.2, 0) is 9.84 Å². The molecule has 0 radical (unpaired) electrons. The van der Waals surface area contributed by atoms with E-state index in [9.17, 15) is 13.5 Å². The second-order valence-corrected chi connectivity index (χ2v) is 6.96. The Morgan fingerprint density at radius 1 is 1.18 bits per heavy atom. The van der Waals surface area contributed by atoms with E-state index in [4.69, 9.17) is 0 Å². The SMILES string of the molecule is C[C@@H](c1ccccc1)n1c(O)nc2ncc(S(C)(=O)=O)nc21. The van der Waals surface area contributed by atoms with Gasteiger partial charge in [-0.15, -0.1) is 0 Å². The van der Waals surface area contributed by atoms with Crippen LogP contribution in [0.4, 0.5) is 0 Å². The van der Waals surface area contributed by atoms with Crippen LogP contribution in [0.25, 0.3) is 11.3 Å². The van der Waals surface area contributed by atoms with Gasteiger partial charge in [0.2, 0.25) is 5.65 Å². The zero-order valence-corrected chi connectivity index (χ0v) is 12.8. The monoisotopic (exact) mass is 318 g/mol. The standard InChI is InChI=1S/C14H14N4O3S/c1-9(10-6-4-3-5-7-10)18-13-12(17-14(18)19)15-8-11(16-13)22(2,20)21/h3-9H,1-2H3,(H,15,17,19)/t9-/m0/s1. The quantitative estimate of drug-likeness (QED) is 0.786. The van der Waals surface area contributed by atoms with Gasteiger partial charge in [0.15, 0.2) is 20.5 Å². The van der Waals surface area contributed by atoms with Crippen LogP contribution >= 0.6 is 0 Å². The Kier molecular flexibility index (Phi) is 3.32. The van der Waals surface area contributed by atoms with Gasteiger partial charge in [0.1, 0.15) is 0 Å². The van der Waals surface area contributed by atoms with Crippen LogP contribution in [0.2, 0.25) is 0 Å². The summed E-state index contributed by atoms with van der Waals surface area (Å²) in [5.41, 5.74) is 1.37. The first-order valence-electron chi connectivity index (χ1n) is 6.57. The lowest BCUT2D eigenvalue weighted by Gasteiger charge is -2.14. The minimum Gasteiger partial charge on any atom is -0.480 e. The molecule has 3 aromatic rings. The summed E-state index contributed by atoms with van der Waals surface area (Å²) in [6.45, 7) is 1.87. The topological polar surface area (TPSA) is 98.0 Å². The average Bonchev–Trinajstić information content (AvgIpc) is 2.81. The van der Waals surface area contributed by atoms with Crippen LogP contribution < -0.4 is 0 Å². The number of hydrogen-bond donors (Lipinski definition) is 1. The van der Waals surface area contributed by atoms with Crippen molar-refractivity contribution < 1.29 is 13.5 Å². The summed E-state index contributed by atoms with van der Waals surface area (Å²) in [6, 6.07) is 8.95. The molecule has 0 aliphatic carbocycles. The molecule has 2 aromatic heterocycles. The Bertz CT molecular complexity index is 935. The highest BCUT2D eigenvalue weighted by Gasteiger charge is 2.21. The Labute approximate surface area is 127 Å². The Balaban J connectivity index is 2.22. The maximum atomic E-state index is 11.6. The van der Waals surface area contributed by atoms with E-state index in [1.54, 1.807) is 0 Å². The van der Waals surface area contributed by atoms with E-state index in [1.807, 2.05) is 37.3 Å². The minimum absolute atomic E-state index is 0.151. The van der Waals surface area contributed by atoms with Crippen LogP contribution in [0.1, 0.15) is 18.5 Å². The normalized spacial score (nSPS) is 13.4. The van der Waals surface area contributed by atoms with E-state index < -0.39 is 9.84 Å². The fraction of sp³-hybridized carbons (Fsp3) is 0.214. The van der Waals surface area contributed by atoms with Gasteiger partial charge in [-0.3, -0.25) is 4.57 Å². The highest BCUT2D eigenvalue weighted by atomic mass is 32.2. The molecular weight excluding hydrogens is 304 g/mol. The molecule has 1 aromatic carbocycles. The van der Waals surface area contributed by atoms with Crippen molar-refractivity contribution in [3.8, 4) is 6.01 Å². The second-order valence-electron chi connectivity index (χ2n) is 5.00. The summed E-state index contributed by atoms with van der Waals surface area (Å²) < 4.78 is 24.7. The van der Waals surface area contributed by atoms with Crippen molar-refractivity contribution in [3.05, 3.63) is 42.1 Å². The number of aromatic nitrogens is 4. The number of hydrogen-bond acceptors (Lipinski definition) is 6. The predicted octanol–water partition coefficient (Wildman–Crippen LogP) is 1.54. The first-order chi connectivity index (χ1) is 10.4. The van der Waals surface area contributed by atoms with Gasteiger partial charge in [-0.2, -0.15) is 4.98 Å². The molecule has 0 aliphatic rings. The second kappa shape index (κ2) is 5.06. The summed E-state index contributed by atoms with van der Waals surface area (Å²) in [5.74, 6) is 0. The van der Waals surface area contributed by atoms with Gasteiger partial charge in [0, 0.05) is 6.26 Å². The van der Waals surface area contributed by atoms with Crippen LogP contribution in [0, 0.1) is 0 Å². The molecule has 0 saturated carbocycles. The molecule has 0 spiro atoms. The van der Waals surface area contributed by atoms with Crippen molar-refractivity contribution in [2.75, 3.05) is 6.26 Å². The fourth-order valence-electron chi connectivity index (χ4n) is 2.26. The van der Waals surface area contributed by atoms with Crippen LogP contribution in [-0.4, -0.2) is 39.3 Å². The molecule has 0 bridgehead atoms. The van der Waals surface area contributed by atoms with E-state index >= 15 is 0 Å². The first-order valence-corrected chi connectivity index (χ1v) is 8.46. The Morgan fingerprint density at radius 3 is 2.50 bits per heavy atom. The smallest absolute Gasteiger partial charge is 0.298 e. The van der Waals surface area contributed by atoms with Crippen molar-refractivity contribution in [2.24, 2.45) is 0 Å². The lowest BCUT2D eigenvalue weighted by Crippen LogP contribution is -2.09. The van der Waals surface area contributed by atoms with Crippen molar-refractivity contribution in [3.63, 3.8) is 0 Å². The van der Waals surface area contributed by atoms with Gasteiger partial charge in [0.05, 0.1) is 12.2 Å². The van der Waals surface area contributed by atoms with Crippen LogP contribution in [0.15, 0.2) is 41.6 Å². The number of imidazole rings is 1. The number of fused-ring (bicyclic) bond motifs is 1. The molecule has 1 atom stereocenters. The average molecular weight is 318 g/mol. The zero-order chi connectivity index (χ0) is 15.9. The number of benzene rings is 1. The highest BCUT2D eigenvalue weighted by Crippen LogP contribution is 2.27. The molecule has 0 amide bonds. The maximum absolute atomic E-state index is 11.6. The Hall–Kier alpha value is -2.48. The number of rotatable bonds is 3. The number of aromatic hydroxyl groups is 1. The predicted molar refractivity (Wildman–Crippen MR) is 80.4 cm³/mol. The van der Waals surface area contributed by atoms with Crippen molar-refractivity contribution >= 4 is 21.1 Å². The van der Waals surface area contributed by atoms with Crippen molar-refractivity contribution in [1.29, 1.82) is 0 Å². The van der Waals surface area contributed by atoms with Gasteiger partial charge in [-0.1, -0.05) is 30.3 Å². The summed E-state index contributed by atoms with van der Waals surface area (Å²) in [7, 11) is -3.49. The minimum atomic E-state index is -3.49. The van der Waals surface area contributed by atoms with E-state index in [0.717, 1.165) is 18.0 Å². The lowest BCUT2D eigenvalue weighted by molar-refractivity contribution is 0.393. The first kappa shape index (κ1) is 14.5. The molecule has 0 saturated heterocycles. The molecular formula is C14H14N4O3S. The highest BCUT2D eigenvalue weighted by molar-refractivity contribution is 7.90. The summed E-state index contributed by atoms with van der Waals surface area (Å²) >= 11 is 0. The third-order valence-electron chi connectivity index (χ3n) is 3.41. The third kappa shape index (κ3) is 2.41. The molecule has 114 valence electrons. The van der Waals surface area contributed by atoms with E-state index in [2.05, 4.69) is 15.0 Å². The molecule has 7 nitrogen and oxygen atoms in total. The fourth-order valence-corrected chi connectivity index (χ4v) is 2.75. The van der Waals surface area contributed by atoms with E-state index in [-0.39, 0.29) is 28.4 Å². The molecule has 0 unspecified atom stereocenters. The van der Waals surface area contributed by atoms with Gasteiger partial charge in [-0.05, 0) is 12.5 Å². The van der Waals surface area contributed by atoms with Crippen LogP contribution in [0.5, 0.6) is 6.01 Å². The van der Waals surface area contributed by atoms with Crippen molar-refractivity contribution in [1.82, 2.24) is 19.5 Å². The summed E-state index contributed by atoms with van der Waals surface area (Å²) in [6.07, 6.45) is 2.20. The van der Waals surface area contributed by atoms with Gasteiger partial charge >= 0.3 is 0 Å². The van der Waals surface area contributed by atoms with Gasteiger partial charge < -0.3 is 5.11 Å². The van der Waals surface area contributed by atoms with E-state index in [0.29, 0.717) is 0 Å². The molecule has 8 heteroatoms. The zero-order valence-electron chi connectivity index (χ0n) is 12.0. The van der Waals surface area contributed by atoms with Gasteiger partial charge in [0.25, 0.3) is 6.01 Å². The molecule has 1 N–H and O–H groups in total.